The molecule has 0 spiro atoms. The van der Waals surface area contributed by atoms with E-state index in [0.29, 0.717) is 25.9 Å². The Morgan fingerprint density at radius 1 is 1.36 bits per heavy atom. The Labute approximate surface area is 133 Å². The molecule has 3 rings (SSSR count). The van der Waals surface area contributed by atoms with Crippen LogP contribution in [0.25, 0.3) is 10.2 Å². The lowest BCUT2D eigenvalue weighted by Crippen LogP contribution is -2.40. The van der Waals surface area contributed by atoms with Gasteiger partial charge in [0.15, 0.2) is 0 Å². The maximum atomic E-state index is 12.3. The lowest BCUT2D eigenvalue weighted by molar-refractivity contribution is -0.120. The first-order valence-electron chi connectivity index (χ1n) is 7.03. The van der Waals surface area contributed by atoms with E-state index in [0.717, 1.165) is 15.9 Å². The number of hydrogen-bond donors (Lipinski definition) is 1. The summed E-state index contributed by atoms with van der Waals surface area (Å²) in [6.07, 6.45) is 2.31. The smallest absolute Gasteiger partial charge is 0.227 e. The van der Waals surface area contributed by atoms with E-state index in [1.165, 1.54) is 10.6 Å². The molecule has 1 N–H and O–H groups in total. The van der Waals surface area contributed by atoms with Gasteiger partial charge in [0.2, 0.25) is 15.9 Å². The van der Waals surface area contributed by atoms with Crippen LogP contribution in [0.3, 0.4) is 0 Å². The van der Waals surface area contributed by atoms with Gasteiger partial charge in [-0.3, -0.25) is 4.79 Å². The van der Waals surface area contributed by atoms with Crippen molar-refractivity contribution in [2.24, 2.45) is 5.92 Å². The number of anilines is 1. The number of nitrogens with one attached hydrogen (secondary N) is 1. The molecule has 8 heteroatoms. The molecular weight excluding hydrogens is 322 g/mol. The van der Waals surface area contributed by atoms with Gasteiger partial charge in [-0.2, -0.15) is 0 Å². The zero-order chi connectivity index (χ0) is 15.7. The van der Waals surface area contributed by atoms with Crippen LogP contribution in [0, 0.1) is 5.92 Å². The summed E-state index contributed by atoms with van der Waals surface area (Å²) in [5.41, 5.74) is 3.38. The maximum Gasteiger partial charge on any atom is 0.227 e. The molecule has 1 aromatic heterocycles. The number of fused-ring (bicyclic) bond motifs is 1. The largest absolute Gasteiger partial charge is 0.326 e. The molecule has 0 saturated carbocycles. The van der Waals surface area contributed by atoms with Crippen molar-refractivity contribution in [3.8, 4) is 0 Å². The van der Waals surface area contributed by atoms with Crippen LogP contribution in [-0.2, 0) is 14.8 Å². The number of amides is 1. The Morgan fingerprint density at radius 2 is 2.09 bits per heavy atom. The molecule has 118 valence electrons. The molecule has 2 heterocycles. The fourth-order valence-electron chi connectivity index (χ4n) is 2.63. The van der Waals surface area contributed by atoms with Gasteiger partial charge in [0.1, 0.15) is 0 Å². The zero-order valence-corrected chi connectivity index (χ0v) is 13.8. The molecule has 1 saturated heterocycles. The summed E-state index contributed by atoms with van der Waals surface area (Å²) >= 11 is 1.56. The van der Waals surface area contributed by atoms with Gasteiger partial charge in [-0.15, -0.1) is 11.3 Å². The van der Waals surface area contributed by atoms with Crippen molar-refractivity contribution in [3.63, 3.8) is 0 Å². The molecule has 1 fully saturated rings. The summed E-state index contributed by atoms with van der Waals surface area (Å²) in [6, 6.07) is 5.66. The molecule has 0 radical (unpaired) electrons. The molecule has 0 unspecified atom stereocenters. The van der Waals surface area contributed by atoms with E-state index in [9.17, 15) is 13.2 Å². The second-order valence-electron chi connectivity index (χ2n) is 5.46. The Balaban J connectivity index is 1.63. The van der Waals surface area contributed by atoms with Crippen molar-refractivity contribution in [1.82, 2.24) is 9.29 Å². The van der Waals surface area contributed by atoms with E-state index in [4.69, 9.17) is 0 Å². The van der Waals surface area contributed by atoms with Crippen LogP contribution in [0.1, 0.15) is 12.8 Å². The minimum atomic E-state index is -3.16. The Kier molecular flexibility index (Phi) is 4.16. The van der Waals surface area contributed by atoms with Gasteiger partial charge in [0, 0.05) is 24.7 Å². The number of aromatic nitrogens is 1. The quantitative estimate of drug-likeness (QED) is 0.926. The molecule has 1 amide bonds. The van der Waals surface area contributed by atoms with Crippen molar-refractivity contribution in [1.29, 1.82) is 0 Å². The van der Waals surface area contributed by atoms with Crippen LogP contribution >= 0.6 is 11.3 Å². The number of hydrogen-bond acceptors (Lipinski definition) is 5. The second kappa shape index (κ2) is 5.94. The first-order valence-corrected chi connectivity index (χ1v) is 9.75. The molecule has 6 nitrogen and oxygen atoms in total. The third-order valence-corrected chi connectivity index (χ3v) is 6.00. The topological polar surface area (TPSA) is 79.4 Å². The predicted octanol–water partition coefficient (Wildman–Crippen LogP) is 1.91. The molecule has 0 atom stereocenters. The van der Waals surface area contributed by atoms with Crippen molar-refractivity contribution in [2.45, 2.75) is 12.8 Å². The van der Waals surface area contributed by atoms with E-state index >= 15 is 0 Å². The molecule has 0 bridgehead atoms. The zero-order valence-electron chi connectivity index (χ0n) is 12.2. The van der Waals surface area contributed by atoms with Crippen molar-refractivity contribution in [3.05, 3.63) is 23.7 Å². The highest BCUT2D eigenvalue weighted by Crippen LogP contribution is 2.24. The van der Waals surface area contributed by atoms with E-state index in [-0.39, 0.29) is 11.8 Å². The molecule has 2 aromatic rings. The molecule has 1 aliphatic heterocycles. The first kappa shape index (κ1) is 15.4. The average Bonchev–Trinajstić information content (AvgIpc) is 2.94. The predicted molar refractivity (Wildman–Crippen MR) is 87.4 cm³/mol. The highest BCUT2D eigenvalue weighted by Gasteiger charge is 2.28. The summed E-state index contributed by atoms with van der Waals surface area (Å²) in [6.45, 7) is 0.810. The normalized spacial score (nSPS) is 17.7. The minimum Gasteiger partial charge on any atom is -0.326 e. The van der Waals surface area contributed by atoms with E-state index in [1.807, 2.05) is 18.2 Å². The number of nitrogens with zero attached hydrogens (tertiary/aromatic N) is 2. The SMILES string of the molecule is CS(=O)(=O)N1CCC(C(=O)Nc2ccc3scnc3c2)CC1. The van der Waals surface area contributed by atoms with Gasteiger partial charge in [-0.05, 0) is 31.0 Å². The molecular formula is C14H17N3O3S2. The van der Waals surface area contributed by atoms with E-state index in [1.54, 1.807) is 16.8 Å². The highest BCUT2D eigenvalue weighted by atomic mass is 32.2. The van der Waals surface area contributed by atoms with Crippen molar-refractivity contribution >= 4 is 43.2 Å². The summed E-state index contributed by atoms with van der Waals surface area (Å²) in [7, 11) is -3.16. The second-order valence-corrected chi connectivity index (χ2v) is 8.33. The van der Waals surface area contributed by atoms with E-state index in [2.05, 4.69) is 10.3 Å². The summed E-state index contributed by atoms with van der Waals surface area (Å²) < 4.78 is 25.5. The fraction of sp³-hybridized carbons (Fsp3) is 0.429. The molecule has 0 aliphatic carbocycles. The number of piperidine rings is 1. The fourth-order valence-corrected chi connectivity index (χ4v) is 4.16. The van der Waals surface area contributed by atoms with Crippen LogP contribution in [0.15, 0.2) is 23.7 Å². The average molecular weight is 339 g/mol. The van der Waals surface area contributed by atoms with Gasteiger partial charge in [-0.1, -0.05) is 0 Å². The monoisotopic (exact) mass is 339 g/mol. The number of thiazole rings is 1. The Hall–Kier alpha value is -1.51. The van der Waals surface area contributed by atoms with Gasteiger partial charge < -0.3 is 5.32 Å². The van der Waals surface area contributed by atoms with Gasteiger partial charge in [0.25, 0.3) is 0 Å². The highest BCUT2D eigenvalue weighted by molar-refractivity contribution is 7.88. The van der Waals surface area contributed by atoms with Crippen molar-refractivity contribution in [2.75, 3.05) is 24.7 Å². The number of carbonyl (C=O) groups excluding carboxylic acids is 1. The summed E-state index contributed by atoms with van der Waals surface area (Å²) in [5, 5.41) is 2.90. The third kappa shape index (κ3) is 3.29. The van der Waals surface area contributed by atoms with Crippen LogP contribution in [0.4, 0.5) is 5.69 Å². The van der Waals surface area contributed by atoms with Crippen LogP contribution in [0.5, 0.6) is 0 Å². The maximum absolute atomic E-state index is 12.3. The molecule has 1 aliphatic rings. The number of benzene rings is 1. The Bertz CT molecular complexity index is 793. The van der Waals surface area contributed by atoms with Gasteiger partial charge >= 0.3 is 0 Å². The van der Waals surface area contributed by atoms with E-state index < -0.39 is 10.0 Å². The minimum absolute atomic E-state index is 0.0530. The van der Waals surface area contributed by atoms with Crippen LogP contribution < -0.4 is 5.32 Å². The number of rotatable bonds is 3. The lowest BCUT2D eigenvalue weighted by atomic mass is 9.97. The summed E-state index contributed by atoms with van der Waals surface area (Å²) in [4.78, 5) is 16.5. The van der Waals surface area contributed by atoms with Crippen LogP contribution in [0.2, 0.25) is 0 Å². The van der Waals surface area contributed by atoms with Crippen LogP contribution in [-0.4, -0.2) is 43.0 Å². The molecule has 1 aromatic carbocycles. The van der Waals surface area contributed by atoms with Crippen molar-refractivity contribution < 1.29 is 13.2 Å². The Morgan fingerprint density at radius 3 is 2.77 bits per heavy atom. The standard InChI is InChI=1S/C14H17N3O3S2/c1-22(19,20)17-6-4-10(5-7-17)14(18)16-11-2-3-13-12(8-11)15-9-21-13/h2-3,8-10H,4-7H2,1H3,(H,16,18). The number of carbonyl (C=O) groups is 1. The summed E-state index contributed by atoms with van der Waals surface area (Å²) in [5.74, 6) is -0.202. The van der Waals surface area contributed by atoms with Gasteiger partial charge in [0.05, 0.1) is 22.0 Å². The van der Waals surface area contributed by atoms with Gasteiger partial charge in [-0.25, -0.2) is 17.7 Å². The number of sulfonamides is 1. The first-order chi connectivity index (χ1) is 10.4. The third-order valence-electron chi connectivity index (χ3n) is 3.89. The molecule has 22 heavy (non-hydrogen) atoms. The lowest BCUT2D eigenvalue weighted by Gasteiger charge is -2.29.